The summed E-state index contributed by atoms with van der Waals surface area (Å²) in [6.07, 6.45) is 4.20. The molecular weight excluding hydrogens is 206 g/mol. The van der Waals surface area contributed by atoms with E-state index in [2.05, 4.69) is 25.4 Å². The average Bonchev–Trinajstić information content (AvgIpc) is 2.67. The zero-order chi connectivity index (χ0) is 11.4. The van der Waals surface area contributed by atoms with Gasteiger partial charge in [0.25, 0.3) is 0 Å². The number of nitrogens with one attached hydrogen (secondary N) is 1. The smallest absolute Gasteiger partial charge is 0.228 e. The Labute approximate surface area is 93.1 Å². The highest BCUT2D eigenvalue weighted by molar-refractivity contribution is 5.24. The fraction of sp³-hybridized carbons (Fsp3) is 0.400. The Hall–Kier alpha value is -1.98. The van der Waals surface area contributed by atoms with Crippen molar-refractivity contribution < 1.29 is 4.52 Å². The SMILES string of the molecule is Cc1cnc(NCCc2nc(C)no2)nc1. The highest BCUT2D eigenvalue weighted by Gasteiger charge is 2.02. The third kappa shape index (κ3) is 2.75. The van der Waals surface area contributed by atoms with Crippen LogP contribution in [0.1, 0.15) is 17.3 Å². The van der Waals surface area contributed by atoms with Crippen LogP contribution in [0.25, 0.3) is 0 Å². The molecule has 0 saturated heterocycles. The minimum Gasteiger partial charge on any atom is -0.354 e. The van der Waals surface area contributed by atoms with E-state index >= 15 is 0 Å². The lowest BCUT2D eigenvalue weighted by molar-refractivity contribution is 0.377. The monoisotopic (exact) mass is 219 g/mol. The first kappa shape index (κ1) is 10.5. The van der Waals surface area contributed by atoms with Crippen LogP contribution in [-0.4, -0.2) is 26.7 Å². The zero-order valence-electron chi connectivity index (χ0n) is 9.27. The lowest BCUT2D eigenvalue weighted by atomic mass is 10.4. The van der Waals surface area contributed by atoms with Crippen LogP contribution >= 0.6 is 0 Å². The number of aryl methyl sites for hydroxylation is 2. The largest absolute Gasteiger partial charge is 0.354 e. The molecule has 2 rings (SSSR count). The fourth-order valence-electron chi connectivity index (χ4n) is 1.21. The molecule has 0 saturated carbocycles. The number of hydrogen-bond donors (Lipinski definition) is 1. The molecule has 0 unspecified atom stereocenters. The summed E-state index contributed by atoms with van der Waals surface area (Å²) in [5.74, 6) is 1.89. The van der Waals surface area contributed by atoms with Gasteiger partial charge in [-0.15, -0.1) is 0 Å². The molecule has 2 heterocycles. The first-order valence-corrected chi connectivity index (χ1v) is 5.06. The van der Waals surface area contributed by atoms with Crippen LogP contribution < -0.4 is 5.32 Å². The molecule has 0 aromatic carbocycles. The van der Waals surface area contributed by atoms with Gasteiger partial charge in [-0.1, -0.05) is 5.16 Å². The summed E-state index contributed by atoms with van der Waals surface area (Å²) < 4.78 is 4.98. The Balaban J connectivity index is 1.82. The lowest BCUT2D eigenvalue weighted by Gasteiger charge is -2.01. The van der Waals surface area contributed by atoms with E-state index in [1.165, 1.54) is 0 Å². The molecule has 16 heavy (non-hydrogen) atoms. The van der Waals surface area contributed by atoms with Crippen molar-refractivity contribution in [2.24, 2.45) is 0 Å². The summed E-state index contributed by atoms with van der Waals surface area (Å²) in [6.45, 7) is 4.42. The Bertz CT molecular complexity index is 450. The van der Waals surface area contributed by atoms with Gasteiger partial charge in [0.15, 0.2) is 5.82 Å². The van der Waals surface area contributed by atoms with Crippen LogP contribution in [0.4, 0.5) is 5.95 Å². The van der Waals surface area contributed by atoms with Gasteiger partial charge in [-0.05, 0) is 19.4 Å². The lowest BCUT2D eigenvalue weighted by Crippen LogP contribution is -2.08. The van der Waals surface area contributed by atoms with Gasteiger partial charge in [0.1, 0.15) is 0 Å². The van der Waals surface area contributed by atoms with Gasteiger partial charge in [-0.3, -0.25) is 0 Å². The van der Waals surface area contributed by atoms with Gasteiger partial charge in [-0.2, -0.15) is 4.98 Å². The Morgan fingerprint density at radius 1 is 1.25 bits per heavy atom. The van der Waals surface area contributed by atoms with Gasteiger partial charge >= 0.3 is 0 Å². The summed E-state index contributed by atoms with van der Waals surface area (Å²) in [6, 6.07) is 0. The van der Waals surface area contributed by atoms with E-state index in [-0.39, 0.29) is 0 Å². The van der Waals surface area contributed by atoms with Crippen molar-refractivity contribution in [2.45, 2.75) is 20.3 Å². The highest BCUT2D eigenvalue weighted by Crippen LogP contribution is 2.00. The predicted octanol–water partition coefficient (Wildman–Crippen LogP) is 1.13. The molecule has 0 atom stereocenters. The van der Waals surface area contributed by atoms with Crippen molar-refractivity contribution >= 4 is 5.95 Å². The molecule has 0 aliphatic rings. The van der Waals surface area contributed by atoms with E-state index in [0.29, 0.717) is 30.6 Å². The van der Waals surface area contributed by atoms with Gasteiger partial charge < -0.3 is 9.84 Å². The standard InChI is InChI=1S/C10H13N5O/c1-7-5-12-10(13-6-7)11-4-3-9-14-8(2)15-16-9/h5-6H,3-4H2,1-2H3,(H,11,12,13). The molecule has 2 aromatic heterocycles. The normalized spacial score (nSPS) is 10.4. The molecule has 6 heteroatoms. The molecule has 0 radical (unpaired) electrons. The second-order valence-electron chi connectivity index (χ2n) is 3.50. The first-order chi connectivity index (χ1) is 7.74. The van der Waals surface area contributed by atoms with Crippen LogP contribution in [0.3, 0.4) is 0 Å². The summed E-state index contributed by atoms with van der Waals surface area (Å²) in [7, 11) is 0. The minimum atomic E-state index is 0.613. The highest BCUT2D eigenvalue weighted by atomic mass is 16.5. The van der Waals surface area contributed by atoms with Crippen LogP contribution in [0.15, 0.2) is 16.9 Å². The Morgan fingerprint density at radius 3 is 2.62 bits per heavy atom. The molecule has 0 amide bonds. The summed E-state index contributed by atoms with van der Waals surface area (Å²) in [5.41, 5.74) is 1.04. The van der Waals surface area contributed by atoms with E-state index in [1.807, 2.05) is 6.92 Å². The fourth-order valence-corrected chi connectivity index (χ4v) is 1.21. The number of hydrogen-bond acceptors (Lipinski definition) is 6. The van der Waals surface area contributed by atoms with Crippen LogP contribution in [-0.2, 0) is 6.42 Å². The van der Waals surface area contributed by atoms with Crippen molar-refractivity contribution in [3.63, 3.8) is 0 Å². The molecule has 2 aromatic rings. The van der Waals surface area contributed by atoms with E-state index in [0.717, 1.165) is 5.56 Å². The van der Waals surface area contributed by atoms with Crippen molar-refractivity contribution in [1.82, 2.24) is 20.1 Å². The average molecular weight is 219 g/mol. The number of anilines is 1. The van der Waals surface area contributed by atoms with Gasteiger partial charge in [0.2, 0.25) is 11.8 Å². The van der Waals surface area contributed by atoms with Gasteiger partial charge in [0.05, 0.1) is 0 Å². The van der Waals surface area contributed by atoms with Crippen molar-refractivity contribution in [1.29, 1.82) is 0 Å². The molecular formula is C10H13N5O. The molecule has 6 nitrogen and oxygen atoms in total. The Kier molecular flexibility index (Phi) is 3.09. The maximum Gasteiger partial charge on any atom is 0.228 e. The van der Waals surface area contributed by atoms with Crippen LogP contribution in [0, 0.1) is 13.8 Å². The molecule has 0 fully saturated rings. The van der Waals surface area contributed by atoms with E-state index < -0.39 is 0 Å². The van der Waals surface area contributed by atoms with Gasteiger partial charge in [0, 0.05) is 25.4 Å². The summed E-state index contributed by atoms with van der Waals surface area (Å²) >= 11 is 0. The van der Waals surface area contributed by atoms with E-state index in [1.54, 1.807) is 19.3 Å². The molecule has 0 aliphatic carbocycles. The molecule has 0 bridgehead atoms. The summed E-state index contributed by atoms with van der Waals surface area (Å²) in [5, 5.41) is 6.79. The van der Waals surface area contributed by atoms with E-state index in [4.69, 9.17) is 4.52 Å². The minimum absolute atomic E-state index is 0.613. The quantitative estimate of drug-likeness (QED) is 0.830. The van der Waals surface area contributed by atoms with E-state index in [9.17, 15) is 0 Å². The van der Waals surface area contributed by atoms with Gasteiger partial charge in [-0.25, -0.2) is 9.97 Å². The van der Waals surface area contributed by atoms with Crippen molar-refractivity contribution in [3.05, 3.63) is 29.7 Å². The molecule has 1 N–H and O–H groups in total. The molecule has 84 valence electrons. The predicted molar refractivity (Wildman–Crippen MR) is 58.0 cm³/mol. The maximum absolute atomic E-state index is 4.98. The third-order valence-electron chi connectivity index (χ3n) is 1.97. The number of rotatable bonds is 4. The molecule has 0 spiro atoms. The van der Waals surface area contributed by atoms with Crippen molar-refractivity contribution in [3.8, 4) is 0 Å². The third-order valence-corrected chi connectivity index (χ3v) is 1.97. The van der Waals surface area contributed by atoms with Crippen LogP contribution in [0.2, 0.25) is 0 Å². The first-order valence-electron chi connectivity index (χ1n) is 5.06. The second-order valence-corrected chi connectivity index (χ2v) is 3.50. The number of aromatic nitrogens is 4. The maximum atomic E-state index is 4.98. The zero-order valence-corrected chi connectivity index (χ0v) is 9.27. The number of nitrogens with zero attached hydrogens (tertiary/aromatic N) is 4. The van der Waals surface area contributed by atoms with Crippen molar-refractivity contribution in [2.75, 3.05) is 11.9 Å². The second kappa shape index (κ2) is 4.69. The van der Waals surface area contributed by atoms with Crippen LogP contribution in [0.5, 0.6) is 0 Å². The topological polar surface area (TPSA) is 76.7 Å². The summed E-state index contributed by atoms with van der Waals surface area (Å²) in [4.78, 5) is 12.3. The Morgan fingerprint density at radius 2 is 2.00 bits per heavy atom. The molecule has 0 aliphatic heterocycles.